The van der Waals surface area contributed by atoms with Gasteiger partial charge in [-0.15, -0.1) is 0 Å². The Morgan fingerprint density at radius 3 is 1.86 bits per heavy atom. The second kappa shape index (κ2) is 14.7. The van der Waals surface area contributed by atoms with Gasteiger partial charge in [0.15, 0.2) is 0 Å². The molecule has 1 aliphatic heterocycles. The van der Waals surface area contributed by atoms with E-state index in [9.17, 15) is 32.7 Å². The number of nitrogens with zero attached hydrogens (tertiary/aromatic N) is 2. The molecule has 0 aromatic heterocycles. The number of benzene rings is 4. The number of hydrogen-bond donors (Lipinski definition) is 1. The number of alkyl halides is 3. The van der Waals surface area contributed by atoms with Gasteiger partial charge in [0.2, 0.25) is 5.91 Å². The quantitative estimate of drug-likeness (QED) is 0.184. The van der Waals surface area contributed by atoms with E-state index in [1.165, 1.54) is 17.0 Å². The molecule has 4 aromatic carbocycles. The number of halogens is 3. The molecule has 2 amide bonds. The van der Waals surface area contributed by atoms with Crippen LogP contribution in [0, 0.1) is 5.92 Å². The van der Waals surface area contributed by atoms with E-state index in [0.717, 1.165) is 60.9 Å². The third kappa shape index (κ3) is 7.88. The fourth-order valence-electron chi connectivity index (χ4n) is 7.14. The molecule has 2 aliphatic rings. The third-order valence-electron chi connectivity index (χ3n) is 9.86. The number of carbonyl (C=O) groups excluding carboxylic acids is 2. The molecule has 49 heavy (non-hydrogen) atoms. The Morgan fingerprint density at radius 2 is 1.29 bits per heavy atom. The summed E-state index contributed by atoms with van der Waals surface area (Å²) in [4.78, 5) is 44.0. The van der Waals surface area contributed by atoms with Crippen LogP contribution in [0.25, 0.3) is 22.3 Å². The van der Waals surface area contributed by atoms with Gasteiger partial charge in [0.05, 0.1) is 5.56 Å². The van der Waals surface area contributed by atoms with Gasteiger partial charge in [-0.2, -0.15) is 13.2 Å². The van der Waals surface area contributed by atoms with Crippen LogP contribution in [0.1, 0.15) is 60.0 Å². The van der Waals surface area contributed by atoms with Crippen LogP contribution in [0.4, 0.5) is 13.2 Å². The molecule has 2 atom stereocenters. The zero-order chi connectivity index (χ0) is 34.5. The molecule has 1 saturated carbocycles. The first-order valence-corrected chi connectivity index (χ1v) is 16.8. The summed E-state index contributed by atoms with van der Waals surface area (Å²) in [5.41, 5.74) is 3.46. The summed E-state index contributed by atoms with van der Waals surface area (Å²) >= 11 is 0. The Balaban J connectivity index is 1.27. The predicted molar refractivity (Wildman–Crippen MR) is 182 cm³/mol. The molecule has 1 aliphatic carbocycles. The standard InChI is InChI=1S/C40H39F3N2O4/c41-40(42,43)34-22-20-31(21-23-34)30-16-18-33(19-17-30)38(47)45(26-35-11-6-24-44(35)37(46)32-9-4-5-10-32)36(39(48)49)25-27-12-14-29(15-13-27)28-7-2-1-3-8-28/h1-3,7-8,12-23,32,35-36H,4-6,9-11,24-26H2,(H,48,49)/t35-,36-/m0/s1. The van der Waals surface area contributed by atoms with Gasteiger partial charge in [-0.25, -0.2) is 4.79 Å². The van der Waals surface area contributed by atoms with Crippen LogP contribution in [0.15, 0.2) is 103 Å². The van der Waals surface area contributed by atoms with E-state index in [1.807, 2.05) is 59.5 Å². The van der Waals surface area contributed by atoms with Gasteiger partial charge in [0.25, 0.3) is 5.91 Å². The van der Waals surface area contributed by atoms with Crippen LogP contribution in [0.5, 0.6) is 0 Å². The molecule has 9 heteroatoms. The minimum atomic E-state index is -4.44. The maximum absolute atomic E-state index is 14.3. The zero-order valence-electron chi connectivity index (χ0n) is 27.1. The average molecular weight is 669 g/mol. The Morgan fingerprint density at radius 1 is 0.735 bits per heavy atom. The maximum Gasteiger partial charge on any atom is 0.416 e. The molecule has 254 valence electrons. The molecule has 4 aromatic rings. The van der Waals surface area contributed by atoms with Crippen LogP contribution in [0.2, 0.25) is 0 Å². The lowest BCUT2D eigenvalue weighted by molar-refractivity contribution is -0.143. The molecule has 0 radical (unpaired) electrons. The largest absolute Gasteiger partial charge is 0.480 e. The van der Waals surface area contributed by atoms with Crippen molar-refractivity contribution in [1.29, 1.82) is 0 Å². The number of carbonyl (C=O) groups is 3. The minimum Gasteiger partial charge on any atom is -0.480 e. The van der Waals surface area contributed by atoms with E-state index in [2.05, 4.69) is 0 Å². The van der Waals surface area contributed by atoms with Crippen LogP contribution in [-0.4, -0.2) is 57.9 Å². The van der Waals surface area contributed by atoms with E-state index in [1.54, 1.807) is 24.3 Å². The summed E-state index contributed by atoms with van der Waals surface area (Å²) in [7, 11) is 0. The van der Waals surface area contributed by atoms with Crippen LogP contribution >= 0.6 is 0 Å². The summed E-state index contributed by atoms with van der Waals surface area (Å²) in [6.07, 6.45) is 0.832. The van der Waals surface area contributed by atoms with Crippen molar-refractivity contribution in [2.24, 2.45) is 5.92 Å². The normalized spacial score (nSPS) is 17.2. The number of aliphatic carboxylic acids is 1. The Bertz CT molecular complexity index is 1750. The lowest BCUT2D eigenvalue weighted by Gasteiger charge is -2.35. The van der Waals surface area contributed by atoms with Crippen molar-refractivity contribution >= 4 is 17.8 Å². The van der Waals surface area contributed by atoms with Crippen molar-refractivity contribution in [3.8, 4) is 22.3 Å². The van der Waals surface area contributed by atoms with Gasteiger partial charge < -0.3 is 14.9 Å². The average Bonchev–Trinajstić information content (AvgIpc) is 3.83. The molecule has 0 bridgehead atoms. The van der Waals surface area contributed by atoms with Crippen molar-refractivity contribution in [2.45, 2.75) is 63.2 Å². The maximum atomic E-state index is 14.3. The first-order valence-electron chi connectivity index (χ1n) is 16.8. The number of hydrogen-bond acceptors (Lipinski definition) is 3. The first-order chi connectivity index (χ1) is 23.6. The number of carboxylic acids is 1. The van der Waals surface area contributed by atoms with E-state index in [4.69, 9.17) is 0 Å². The minimum absolute atomic E-state index is 0.0270. The fourth-order valence-corrected chi connectivity index (χ4v) is 7.14. The number of rotatable bonds is 10. The van der Waals surface area contributed by atoms with Gasteiger partial charge >= 0.3 is 12.1 Å². The van der Waals surface area contributed by atoms with Crippen LogP contribution in [-0.2, 0) is 22.2 Å². The highest BCUT2D eigenvalue weighted by molar-refractivity contribution is 5.97. The molecule has 6 rings (SSSR count). The Hall–Kier alpha value is -4.92. The zero-order valence-corrected chi connectivity index (χ0v) is 27.1. The van der Waals surface area contributed by atoms with Gasteiger partial charge in [0.1, 0.15) is 6.04 Å². The van der Waals surface area contributed by atoms with E-state index >= 15 is 0 Å². The monoisotopic (exact) mass is 668 g/mol. The smallest absolute Gasteiger partial charge is 0.416 e. The Kier molecular flexibility index (Phi) is 10.2. The van der Waals surface area contributed by atoms with Gasteiger partial charge in [0, 0.05) is 37.0 Å². The fraction of sp³-hybridized carbons (Fsp3) is 0.325. The molecular formula is C40H39F3N2O4. The summed E-state index contributed by atoms with van der Waals surface area (Å²) in [6.45, 7) is 0.666. The van der Waals surface area contributed by atoms with Gasteiger partial charge in [-0.05, 0) is 77.8 Å². The lowest BCUT2D eigenvalue weighted by atomic mass is 9.98. The van der Waals surface area contributed by atoms with Crippen molar-refractivity contribution in [3.05, 3.63) is 120 Å². The molecule has 1 saturated heterocycles. The summed E-state index contributed by atoms with van der Waals surface area (Å²) in [6, 6.07) is 27.2. The molecule has 0 unspecified atom stereocenters. The first kappa shape index (κ1) is 34.0. The molecule has 6 nitrogen and oxygen atoms in total. The second-order valence-electron chi connectivity index (χ2n) is 13.0. The second-order valence-corrected chi connectivity index (χ2v) is 13.0. The van der Waals surface area contributed by atoms with E-state index in [-0.39, 0.29) is 36.4 Å². The van der Waals surface area contributed by atoms with Crippen LogP contribution < -0.4 is 0 Å². The number of likely N-dealkylation sites (tertiary alicyclic amines) is 1. The number of carboxylic acid groups (broad SMARTS) is 1. The van der Waals surface area contributed by atoms with Gasteiger partial charge in [-0.1, -0.05) is 91.7 Å². The lowest BCUT2D eigenvalue weighted by Crippen LogP contribution is -2.53. The summed E-state index contributed by atoms with van der Waals surface area (Å²) in [5.74, 6) is -1.56. The molecular weight excluding hydrogens is 629 g/mol. The predicted octanol–water partition coefficient (Wildman–Crippen LogP) is 8.36. The highest BCUT2D eigenvalue weighted by Crippen LogP contribution is 2.33. The molecule has 1 N–H and O–H groups in total. The van der Waals surface area contributed by atoms with Crippen LogP contribution in [0.3, 0.4) is 0 Å². The van der Waals surface area contributed by atoms with Crippen molar-refractivity contribution in [1.82, 2.24) is 9.80 Å². The van der Waals surface area contributed by atoms with Crippen molar-refractivity contribution in [2.75, 3.05) is 13.1 Å². The van der Waals surface area contributed by atoms with Crippen molar-refractivity contribution < 1.29 is 32.7 Å². The molecule has 0 spiro atoms. The molecule has 2 fully saturated rings. The van der Waals surface area contributed by atoms with E-state index in [0.29, 0.717) is 24.1 Å². The highest BCUT2D eigenvalue weighted by Gasteiger charge is 2.39. The topological polar surface area (TPSA) is 77.9 Å². The summed E-state index contributed by atoms with van der Waals surface area (Å²) < 4.78 is 39.2. The Labute approximate surface area is 284 Å². The van der Waals surface area contributed by atoms with E-state index < -0.39 is 29.7 Å². The molecule has 1 heterocycles. The third-order valence-corrected chi connectivity index (χ3v) is 9.86. The SMILES string of the molecule is O=C(O)[C@H](Cc1ccc(-c2ccccc2)cc1)N(C[C@@H]1CCCN1C(=O)C1CCCC1)C(=O)c1ccc(-c2ccc(C(F)(F)F)cc2)cc1. The van der Waals surface area contributed by atoms with Gasteiger partial charge in [-0.3, -0.25) is 9.59 Å². The highest BCUT2D eigenvalue weighted by atomic mass is 19.4. The number of amides is 2. The van der Waals surface area contributed by atoms with Crippen molar-refractivity contribution in [3.63, 3.8) is 0 Å². The summed E-state index contributed by atoms with van der Waals surface area (Å²) in [5, 5.41) is 10.6.